The Hall–Kier alpha value is -2.24. The molecule has 6 nitrogen and oxygen atoms in total. The number of anilines is 2. The maximum Gasteiger partial charge on any atom is 0.133 e. The molecular formula is C18H24N6. The molecule has 0 atom stereocenters. The topological polar surface area (TPSA) is 66.8 Å². The van der Waals surface area contributed by atoms with Gasteiger partial charge in [0.05, 0.1) is 0 Å². The van der Waals surface area contributed by atoms with Gasteiger partial charge in [-0.3, -0.25) is 0 Å². The van der Waals surface area contributed by atoms with E-state index in [1.807, 2.05) is 12.3 Å². The maximum absolute atomic E-state index is 4.67. The van der Waals surface area contributed by atoms with Crippen molar-refractivity contribution in [2.45, 2.75) is 51.0 Å². The first-order valence-corrected chi connectivity index (χ1v) is 8.97. The summed E-state index contributed by atoms with van der Waals surface area (Å²) in [5.74, 6) is 3.63. The molecule has 126 valence electrons. The lowest BCUT2D eigenvalue weighted by atomic mass is 10.0. The Kier molecular flexibility index (Phi) is 4.28. The highest BCUT2D eigenvalue weighted by molar-refractivity contribution is 5.41. The van der Waals surface area contributed by atoms with Gasteiger partial charge in [-0.1, -0.05) is 6.92 Å². The van der Waals surface area contributed by atoms with Gasteiger partial charge in [0.25, 0.3) is 0 Å². The number of nitrogens with zero attached hydrogens (tertiary/aromatic N) is 5. The van der Waals surface area contributed by atoms with Gasteiger partial charge in [-0.05, 0) is 38.2 Å². The average Bonchev–Trinajstić information content (AvgIpc) is 3.48. The largest absolute Gasteiger partial charge is 0.367 e. The number of aryl methyl sites for hydroxylation is 1. The Labute approximate surface area is 142 Å². The van der Waals surface area contributed by atoms with Crippen molar-refractivity contribution >= 4 is 11.6 Å². The molecule has 1 saturated carbocycles. The molecule has 1 aliphatic heterocycles. The molecule has 0 bridgehead atoms. The van der Waals surface area contributed by atoms with Crippen molar-refractivity contribution < 1.29 is 0 Å². The summed E-state index contributed by atoms with van der Waals surface area (Å²) in [6, 6.07) is 4.56. The second-order valence-electron chi connectivity index (χ2n) is 6.70. The third-order valence-corrected chi connectivity index (χ3v) is 4.86. The first kappa shape index (κ1) is 15.3. The van der Waals surface area contributed by atoms with Crippen LogP contribution in [0.2, 0.25) is 0 Å². The molecule has 0 spiro atoms. The number of hydrogen-bond donors (Lipinski definition) is 1. The van der Waals surface area contributed by atoms with E-state index in [-0.39, 0.29) is 0 Å². The van der Waals surface area contributed by atoms with E-state index in [4.69, 9.17) is 0 Å². The van der Waals surface area contributed by atoms with E-state index in [1.165, 1.54) is 12.8 Å². The van der Waals surface area contributed by atoms with Crippen LogP contribution < -0.4 is 10.2 Å². The van der Waals surface area contributed by atoms with E-state index in [0.29, 0.717) is 12.0 Å². The van der Waals surface area contributed by atoms with Crippen LogP contribution in [0.3, 0.4) is 0 Å². The van der Waals surface area contributed by atoms with Crippen molar-refractivity contribution in [1.29, 1.82) is 0 Å². The first-order chi connectivity index (χ1) is 11.8. The van der Waals surface area contributed by atoms with Gasteiger partial charge in [0.2, 0.25) is 0 Å². The third kappa shape index (κ3) is 3.47. The van der Waals surface area contributed by atoms with Gasteiger partial charge in [-0.15, -0.1) is 0 Å². The molecule has 1 aliphatic carbocycles. The molecule has 2 aromatic rings. The van der Waals surface area contributed by atoms with Crippen LogP contribution in [0.5, 0.6) is 0 Å². The van der Waals surface area contributed by atoms with Crippen LogP contribution in [-0.2, 0) is 6.42 Å². The van der Waals surface area contributed by atoms with Crippen LogP contribution in [0.1, 0.15) is 50.0 Å². The molecule has 2 aliphatic rings. The monoisotopic (exact) mass is 324 g/mol. The highest BCUT2D eigenvalue weighted by Gasteiger charge is 2.27. The molecule has 4 rings (SSSR count). The van der Waals surface area contributed by atoms with Crippen LogP contribution in [0, 0.1) is 0 Å². The molecule has 2 fully saturated rings. The lowest BCUT2D eigenvalue weighted by Gasteiger charge is -2.33. The molecular weight excluding hydrogens is 300 g/mol. The summed E-state index contributed by atoms with van der Waals surface area (Å²) in [7, 11) is 0. The van der Waals surface area contributed by atoms with Crippen molar-refractivity contribution in [2.24, 2.45) is 0 Å². The van der Waals surface area contributed by atoms with Crippen molar-refractivity contribution in [2.75, 3.05) is 23.3 Å². The standard InChI is InChI=1S/C18H24N6/c1-2-14-11-17(21-12-20-14)24-9-6-15(7-10-24)22-16-5-8-19-18(23-16)13-3-4-13/h5,8,11-13,15H,2-4,6-7,9-10H2,1H3,(H,19,22,23). The SMILES string of the molecule is CCc1cc(N2CCC(Nc3ccnc(C4CC4)n3)CC2)ncn1. The molecule has 6 heteroatoms. The number of piperidine rings is 1. The highest BCUT2D eigenvalue weighted by Crippen LogP contribution is 2.38. The van der Waals surface area contributed by atoms with E-state index in [9.17, 15) is 0 Å². The molecule has 0 unspecified atom stereocenters. The zero-order valence-electron chi connectivity index (χ0n) is 14.1. The maximum atomic E-state index is 4.67. The van der Waals surface area contributed by atoms with Gasteiger partial charge in [0, 0.05) is 43.0 Å². The highest BCUT2D eigenvalue weighted by atomic mass is 15.2. The van der Waals surface area contributed by atoms with Crippen LogP contribution in [0.15, 0.2) is 24.7 Å². The number of aromatic nitrogens is 4. The molecule has 0 aromatic carbocycles. The van der Waals surface area contributed by atoms with E-state index in [1.54, 1.807) is 6.33 Å². The molecule has 1 N–H and O–H groups in total. The van der Waals surface area contributed by atoms with Gasteiger partial charge in [0.1, 0.15) is 23.8 Å². The van der Waals surface area contributed by atoms with Gasteiger partial charge in [0.15, 0.2) is 0 Å². The zero-order chi connectivity index (χ0) is 16.4. The van der Waals surface area contributed by atoms with Crippen LogP contribution >= 0.6 is 0 Å². The predicted octanol–water partition coefficient (Wildman–Crippen LogP) is 2.79. The van der Waals surface area contributed by atoms with Crippen molar-refractivity contribution in [3.8, 4) is 0 Å². The fourth-order valence-corrected chi connectivity index (χ4v) is 3.21. The van der Waals surface area contributed by atoms with E-state index in [0.717, 1.165) is 55.5 Å². The Balaban J connectivity index is 1.35. The fourth-order valence-electron chi connectivity index (χ4n) is 3.21. The van der Waals surface area contributed by atoms with Gasteiger partial charge in [-0.2, -0.15) is 0 Å². The second kappa shape index (κ2) is 6.71. The predicted molar refractivity (Wildman–Crippen MR) is 94.3 cm³/mol. The quantitative estimate of drug-likeness (QED) is 0.912. The molecule has 3 heterocycles. The zero-order valence-corrected chi connectivity index (χ0v) is 14.1. The van der Waals surface area contributed by atoms with E-state index < -0.39 is 0 Å². The minimum atomic E-state index is 0.468. The Morgan fingerprint density at radius 2 is 1.96 bits per heavy atom. The van der Waals surface area contributed by atoms with Crippen molar-refractivity contribution in [3.05, 3.63) is 36.2 Å². The lowest BCUT2D eigenvalue weighted by Crippen LogP contribution is -2.39. The first-order valence-electron chi connectivity index (χ1n) is 8.97. The number of rotatable bonds is 5. The smallest absolute Gasteiger partial charge is 0.133 e. The Bertz CT molecular complexity index is 691. The summed E-state index contributed by atoms with van der Waals surface area (Å²) in [6.07, 6.45) is 9.16. The van der Waals surface area contributed by atoms with Gasteiger partial charge < -0.3 is 10.2 Å². The van der Waals surface area contributed by atoms with E-state index >= 15 is 0 Å². The molecule has 0 radical (unpaired) electrons. The summed E-state index contributed by atoms with van der Waals surface area (Å²) < 4.78 is 0. The van der Waals surface area contributed by atoms with Crippen LogP contribution in [-0.4, -0.2) is 39.1 Å². The summed E-state index contributed by atoms with van der Waals surface area (Å²) >= 11 is 0. The van der Waals surface area contributed by atoms with E-state index in [2.05, 4.69) is 43.1 Å². The average molecular weight is 324 g/mol. The molecule has 2 aromatic heterocycles. The van der Waals surface area contributed by atoms with Gasteiger partial charge >= 0.3 is 0 Å². The van der Waals surface area contributed by atoms with Crippen LogP contribution in [0.25, 0.3) is 0 Å². The summed E-state index contributed by atoms with van der Waals surface area (Å²) in [4.78, 5) is 20.1. The molecule has 0 amide bonds. The summed E-state index contributed by atoms with van der Waals surface area (Å²) in [6.45, 7) is 4.15. The summed E-state index contributed by atoms with van der Waals surface area (Å²) in [5, 5.41) is 3.59. The summed E-state index contributed by atoms with van der Waals surface area (Å²) in [5.41, 5.74) is 1.11. The Morgan fingerprint density at radius 1 is 1.12 bits per heavy atom. The normalized spacial score (nSPS) is 18.6. The van der Waals surface area contributed by atoms with Gasteiger partial charge in [-0.25, -0.2) is 19.9 Å². The second-order valence-corrected chi connectivity index (χ2v) is 6.70. The minimum Gasteiger partial charge on any atom is -0.367 e. The fraction of sp³-hybridized carbons (Fsp3) is 0.556. The lowest BCUT2D eigenvalue weighted by molar-refractivity contribution is 0.521. The molecule has 24 heavy (non-hydrogen) atoms. The molecule has 1 saturated heterocycles. The Morgan fingerprint density at radius 3 is 2.71 bits per heavy atom. The van der Waals surface area contributed by atoms with Crippen molar-refractivity contribution in [1.82, 2.24) is 19.9 Å². The van der Waals surface area contributed by atoms with Crippen LogP contribution in [0.4, 0.5) is 11.6 Å². The van der Waals surface area contributed by atoms with Crippen molar-refractivity contribution in [3.63, 3.8) is 0 Å². The third-order valence-electron chi connectivity index (χ3n) is 4.86. The number of nitrogens with one attached hydrogen (secondary N) is 1. The number of hydrogen-bond acceptors (Lipinski definition) is 6. The minimum absolute atomic E-state index is 0.468.